The van der Waals surface area contributed by atoms with E-state index in [1.165, 1.54) is 15.7 Å². The number of hydrogen-bond acceptors (Lipinski definition) is 6. The molecule has 0 aliphatic heterocycles. The summed E-state index contributed by atoms with van der Waals surface area (Å²) in [6.45, 7) is 0.665. The van der Waals surface area contributed by atoms with Crippen molar-refractivity contribution < 1.29 is 10.0 Å². The molecule has 2 aromatic heterocycles. The van der Waals surface area contributed by atoms with E-state index in [2.05, 4.69) is 10.3 Å². The minimum atomic E-state index is -0.403. The van der Waals surface area contributed by atoms with Crippen LogP contribution in [-0.2, 0) is 0 Å². The van der Waals surface area contributed by atoms with Crippen molar-refractivity contribution in [1.82, 2.24) is 9.38 Å². The molecule has 2 aromatic rings. The summed E-state index contributed by atoms with van der Waals surface area (Å²) in [5.41, 5.74) is 0. The Labute approximate surface area is 119 Å². The highest BCUT2D eigenvalue weighted by Gasteiger charge is 2.25. The molecule has 0 amide bonds. The van der Waals surface area contributed by atoms with E-state index in [0.29, 0.717) is 23.2 Å². The summed E-state index contributed by atoms with van der Waals surface area (Å²) < 4.78 is 1.50. The van der Waals surface area contributed by atoms with Crippen LogP contribution in [0.5, 0.6) is 0 Å². The van der Waals surface area contributed by atoms with Gasteiger partial charge in [0.2, 0.25) is 5.82 Å². The average Bonchev–Trinajstić information content (AvgIpc) is 2.97. The number of aliphatic hydroxyl groups is 1. The molecular weight excluding hydrogens is 280 g/mol. The molecule has 0 bridgehead atoms. The highest BCUT2D eigenvalue weighted by Crippen LogP contribution is 2.29. The van der Waals surface area contributed by atoms with Gasteiger partial charge in [0, 0.05) is 11.9 Å². The number of aromatic nitrogens is 2. The Morgan fingerprint density at radius 1 is 1.50 bits per heavy atom. The summed E-state index contributed by atoms with van der Waals surface area (Å²) >= 11 is 1.38. The van der Waals surface area contributed by atoms with E-state index in [-0.39, 0.29) is 11.9 Å². The standard InChI is InChI=1S/C12H16N4O3S/c17-9-3-1-8(2-4-9)7-13-10-11(16(18)19)15-5-6-20-12(15)14-10/h5-6,8-9,13,17H,1-4,7H2. The Kier molecular flexibility index (Phi) is 3.58. The summed E-state index contributed by atoms with van der Waals surface area (Å²) in [5, 5.41) is 25.5. The third-order valence-corrected chi connectivity index (χ3v) is 4.54. The lowest BCUT2D eigenvalue weighted by Crippen LogP contribution is -2.23. The van der Waals surface area contributed by atoms with Crippen molar-refractivity contribution in [2.45, 2.75) is 31.8 Å². The van der Waals surface area contributed by atoms with Gasteiger partial charge in [0.15, 0.2) is 0 Å². The first-order valence-electron chi connectivity index (χ1n) is 6.67. The molecule has 2 heterocycles. The van der Waals surface area contributed by atoms with E-state index in [1.54, 1.807) is 11.6 Å². The second-order valence-electron chi connectivity index (χ2n) is 5.15. The molecule has 7 nitrogen and oxygen atoms in total. The molecule has 0 aromatic carbocycles. The van der Waals surface area contributed by atoms with Crippen LogP contribution in [0, 0.1) is 16.0 Å². The molecule has 1 saturated carbocycles. The van der Waals surface area contributed by atoms with Gasteiger partial charge < -0.3 is 20.5 Å². The highest BCUT2D eigenvalue weighted by atomic mass is 32.1. The van der Waals surface area contributed by atoms with E-state index < -0.39 is 4.92 Å². The van der Waals surface area contributed by atoms with Gasteiger partial charge in [-0.25, -0.2) is 0 Å². The topological polar surface area (TPSA) is 92.7 Å². The third-order valence-electron chi connectivity index (χ3n) is 3.78. The molecule has 8 heteroatoms. The highest BCUT2D eigenvalue weighted by molar-refractivity contribution is 7.15. The molecule has 1 aliphatic carbocycles. The molecule has 0 radical (unpaired) electrons. The van der Waals surface area contributed by atoms with E-state index in [4.69, 9.17) is 0 Å². The quantitative estimate of drug-likeness (QED) is 0.667. The molecule has 1 fully saturated rings. The van der Waals surface area contributed by atoms with Gasteiger partial charge in [-0.3, -0.25) is 0 Å². The lowest BCUT2D eigenvalue weighted by Gasteiger charge is -2.25. The smallest absolute Gasteiger partial charge is 0.372 e. The molecular formula is C12H16N4O3S. The van der Waals surface area contributed by atoms with Gasteiger partial charge in [-0.2, -0.15) is 9.38 Å². The summed E-state index contributed by atoms with van der Waals surface area (Å²) in [6.07, 6.45) is 5.00. The van der Waals surface area contributed by atoms with Gasteiger partial charge in [0.05, 0.1) is 6.10 Å². The van der Waals surface area contributed by atoms with Crippen molar-refractivity contribution in [3.63, 3.8) is 0 Å². The Morgan fingerprint density at radius 3 is 2.95 bits per heavy atom. The third kappa shape index (κ3) is 2.48. The van der Waals surface area contributed by atoms with Crippen molar-refractivity contribution in [2.75, 3.05) is 11.9 Å². The summed E-state index contributed by atoms with van der Waals surface area (Å²) in [4.78, 5) is 15.7. The van der Waals surface area contributed by atoms with Gasteiger partial charge >= 0.3 is 5.82 Å². The number of nitrogens with one attached hydrogen (secondary N) is 1. The maximum Gasteiger partial charge on any atom is 0.372 e. The number of anilines is 1. The first-order chi connectivity index (χ1) is 9.65. The number of rotatable bonds is 4. The van der Waals surface area contributed by atoms with Gasteiger partial charge in [0.1, 0.15) is 6.20 Å². The van der Waals surface area contributed by atoms with Gasteiger partial charge in [-0.1, -0.05) is 11.3 Å². The van der Waals surface area contributed by atoms with E-state index in [9.17, 15) is 15.2 Å². The molecule has 1 aliphatic rings. The summed E-state index contributed by atoms with van der Waals surface area (Å²) in [7, 11) is 0. The number of nitrogens with zero attached hydrogens (tertiary/aromatic N) is 3. The van der Waals surface area contributed by atoms with Gasteiger partial charge in [-0.05, 0) is 36.5 Å². The molecule has 0 saturated heterocycles. The number of thiazole rings is 1. The predicted octanol–water partition coefficient (Wildman–Crippen LogP) is 2.27. The predicted molar refractivity (Wildman–Crippen MR) is 76.2 cm³/mol. The molecule has 3 rings (SSSR count). The minimum absolute atomic E-state index is 0.00269. The maximum atomic E-state index is 11.2. The van der Waals surface area contributed by atoms with E-state index in [0.717, 1.165) is 25.7 Å². The lowest BCUT2D eigenvalue weighted by molar-refractivity contribution is -0.389. The summed E-state index contributed by atoms with van der Waals surface area (Å²) in [5.74, 6) is 0.780. The first kappa shape index (κ1) is 13.3. The van der Waals surface area contributed by atoms with Crippen molar-refractivity contribution in [3.8, 4) is 0 Å². The van der Waals surface area contributed by atoms with Crippen molar-refractivity contribution in [3.05, 3.63) is 21.7 Å². The largest absolute Gasteiger partial charge is 0.393 e. The van der Waals surface area contributed by atoms with Crippen LogP contribution >= 0.6 is 11.3 Å². The van der Waals surface area contributed by atoms with Crippen LogP contribution < -0.4 is 5.32 Å². The lowest BCUT2D eigenvalue weighted by atomic mass is 9.87. The van der Waals surface area contributed by atoms with Gasteiger partial charge in [-0.15, -0.1) is 0 Å². The molecule has 20 heavy (non-hydrogen) atoms. The fourth-order valence-corrected chi connectivity index (χ4v) is 3.37. The van der Waals surface area contributed by atoms with Crippen LogP contribution in [0.25, 0.3) is 4.96 Å². The number of hydrogen-bond donors (Lipinski definition) is 2. The second-order valence-corrected chi connectivity index (χ2v) is 6.03. The van der Waals surface area contributed by atoms with Crippen LogP contribution in [-0.4, -0.2) is 32.1 Å². The zero-order valence-corrected chi connectivity index (χ0v) is 11.7. The van der Waals surface area contributed by atoms with Crippen LogP contribution in [0.3, 0.4) is 0 Å². The van der Waals surface area contributed by atoms with Gasteiger partial charge in [0.25, 0.3) is 4.96 Å². The minimum Gasteiger partial charge on any atom is -0.393 e. The molecule has 0 spiro atoms. The molecule has 108 valence electrons. The van der Waals surface area contributed by atoms with Crippen LogP contribution in [0.1, 0.15) is 25.7 Å². The SMILES string of the molecule is O=[N+]([O-])c1c(NCC2CCC(O)CC2)nc2sccn12. The zero-order valence-electron chi connectivity index (χ0n) is 10.9. The Hall–Kier alpha value is -1.67. The fraction of sp³-hybridized carbons (Fsp3) is 0.583. The molecule has 0 unspecified atom stereocenters. The fourth-order valence-electron chi connectivity index (χ4n) is 2.66. The number of fused-ring (bicyclic) bond motifs is 1. The average molecular weight is 296 g/mol. The van der Waals surface area contributed by atoms with Crippen molar-refractivity contribution >= 4 is 27.9 Å². The van der Waals surface area contributed by atoms with Crippen LogP contribution in [0.2, 0.25) is 0 Å². The van der Waals surface area contributed by atoms with Crippen molar-refractivity contribution in [1.29, 1.82) is 0 Å². The Morgan fingerprint density at radius 2 is 2.25 bits per heavy atom. The zero-order chi connectivity index (χ0) is 14.1. The van der Waals surface area contributed by atoms with E-state index in [1.807, 2.05) is 0 Å². The first-order valence-corrected chi connectivity index (χ1v) is 7.55. The summed E-state index contributed by atoms with van der Waals surface area (Å²) in [6, 6.07) is 0. The Bertz CT molecular complexity index is 615. The van der Waals surface area contributed by atoms with Crippen LogP contribution in [0.4, 0.5) is 11.6 Å². The second kappa shape index (κ2) is 5.37. The van der Waals surface area contributed by atoms with Crippen molar-refractivity contribution in [2.24, 2.45) is 5.92 Å². The monoisotopic (exact) mass is 296 g/mol. The Balaban J connectivity index is 1.72. The normalized spacial score (nSPS) is 23.1. The van der Waals surface area contributed by atoms with E-state index >= 15 is 0 Å². The molecule has 2 N–H and O–H groups in total. The van der Waals surface area contributed by atoms with Crippen LogP contribution in [0.15, 0.2) is 11.6 Å². The number of aliphatic hydroxyl groups excluding tert-OH is 1. The maximum absolute atomic E-state index is 11.2. The number of imidazole rings is 1. The number of nitro groups is 1. The molecule has 0 atom stereocenters.